The summed E-state index contributed by atoms with van der Waals surface area (Å²) in [4.78, 5) is 14.5. The van der Waals surface area contributed by atoms with E-state index in [2.05, 4.69) is 23.8 Å². The number of nitrogens with zero attached hydrogens (tertiary/aromatic N) is 3. The highest BCUT2D eigenvalue weighted by atomic mass is 16.1. The van der Waals surface area contributed by atoms with E-state index in [1.165, 1.54) is 25.7 Å². The lowest BCUT2D eigenvalue weighted by molar-refractivity contribution is 0.139. The van der Waals surface area contributed by atoms with E-state index in [9.17, 15) is 4.79 Å². The number of rotatable bonds is 4. The van der Waals surface area contributed by atoms with Gasteiger partial charge in [0.05, 0.1) is 5.69 Å². The molecule has 0 unspecified atom stereocenters. The Hall–Kier alpha value is -1.16. The van der Waals surface area contributed by atoms with Crippen molar-refractivity contribution in [2.75, 3.05) is 13.1 Å². The molecule has 2 heterocycles. The monoisotopic (exact) mass is 275 g/mol. The highest BCUT2D eigenvalue weighted by molar-refractivity contribution is 5.12. The molecule has 1 aliphatic heterocycles. The quantitative estimate of drug-likeness (QED) is 0.846. The minimum Gasteiger partial charge on any atom is -0.301 e. The zero-order valence-corrected chi connectivity index (χ0v) is 12.6. The van der Waals surface area contributed by atoms with Gasteiger partial charge < -0.3 is 4.90 Å². The number of hydrogen-bond acceptors (Lipinski definition) is 3. The Morgan fingerprint density at radius 1 is 1.20 bits per heavy atom. The Bertz CT molecular complexity index is 511. The first-order valence-electron chi connectivity index (χ1n) is 7.95. The zero-order chi connectivity index (χ0) is 14.1. The molecule has 0 amide bonds. The average Bonchev–Trinajstić information content (AvgIpc) is 3.26. The number of likely N-dealkylation sites (tertiary alicyclic amines) is 1. The third-order valence-corrected chi connectivity index (χ3v) is 4.69. The fourth-order valence-corrected chi connectivity index (χ4v) is 3.09. The summed E-state index contributed by atoms with van der Waals surface area (Å²) < 4.78 is 1.71. The Kier molecular flexibility index (Phi) is 3.92. The van der Waals surface area contributed by atoms with Gasteiger partial charge in [0.15, 0.2) is 0 Å². The summed E-state index contributed by atoms with van der Waals surface area (Å²) in [6, 6.07) is 4.25. The molecule has 110 valence electrons. The van der Waals surface area contributed by atoms with Gasteiger partial charge in [-0.1, -0.05) is 0 Å². The molecule has 4 heteroatoms. The van der Waals surface area contributed by atoms with Gasteiger partial charge in [0.25, 0.3) is 5.56 Å². The largest absolute Gasteiger partial charge is 0.301 e. The summed E-state index contributed by atoms with van der Waals surface area (Å²) in [6.07, 6.45) is 4.83. The third kappa shape index (κ3) is 3.11. The molecular formula is C16H25N3O. The lowest BCUT2D eigenvalue weighted by Crippen LogP contribution is -2.40. The van der Waals surface area contributed by atoms with Crippen molar-refractivity contribution >= 4 is 0 Å². The molecule has 1 aromatic rings. The Morgan fingerprint density at radius 3 is 2.50 bits per heavy atom. The number of aromatic nitrogens is 2. The van der Waals surface area contributed by atoms with Crippen molar-refractivity contribution < 1.29 is 0 Å². The summed E-state index contributed by atoms with van der Waals surface area (Å²) in [5.41, 5.74) is 1.17. The van der Waals surface area contributed by atoms with Gasteiger partial charge in [-0.25, -0.2) is 4.68 Å². The maximum Gasteiger partial charge on any atom is 0.266 e. The van der Waals surface area contributed by atoms with Crippen molar-refractivity contribution in [1.29, 1.82) is 0 Å². The van der Waals surface area contributed by atoms with Gasteiger partial charge in [-0.2, -0.15) is 5.10 Å². The molecule has 1 saturated heterocycles. The van der Waals surface area contributed by atoms with E-state index in [1.807, 2.05) is 6.07 Å². The SMILES string of the molecule is CC(C)N1CCC(Cn2nc(C3CC3)ccc2=O)CC1. The molecule has 3 rings (SSSR count). The summed E-state index contributed by atoms with van der Waals surface area (Å²) >= 11 is 0. The van der Waals surface area contributed by atoms with Crippen molar-refractivity contribution in [2.24, 2.45) is 5.92 Å². The van der Waals surface area contributed by atoms with Crippen LogP contribution in [0.15, 0.2) is 16.9 Å². The van der Waals surface area contributed by atoms with Crippen LogP contribution in [-0.2, 0) is 6.54 Å². The fourth-order valence-electron chi connectivity index (χ4n) is 3.09. The van der Waals surface area contributed by atoms with Crippen LogP contribution >= 0.6 is 0 Å². The summed E-state index contributed by atoms with van der Waals surface area (Å²) in [6.45, 7) is 7.61. The number of hydrogen-bond donors (Lipinski definition) is 0. The molecule has 0 radical (unpaired) electrons. The predicted molar refractivity (Wildman–Crippen MR) is 79.9 cm³/mol. The van der Waals surface area contributed by atoms with Crippen LogP contribution in [0.1, 0.15) is 51.1 Å². The molecule has 2 aliphatic rings. The van der Waals surface area contributed by atoms with Gasteiger partial charge in [-0.3, -0.25) is 4.79 Å². The molecule has 1 aliphatic carbocycles. The van der Waals surface area contributed by atoms with Crippen LogP contribution in [0.5, 0.6) is 0 Å². The summed E-state index contributed by atoms with van der Waals surface area (Å²) in [5, 5.41) is 4.57. The van der Waals surface area contributed by atoms with Crippen molar-refractivity contribution in [3.05, 3.63) is 28.2 Å². The minimum absolute atomic E-state index is 0.0562. The zero-order valence-electron chi connectivity index (χ0n) is 12.6. The second-order valence-electron chi connectivity index (χ2n) is 6.63. The molecule has 2 fully saturated rings. The first-order chi connectivity index (χ1) is 9.63. The fraction of sp³-hybridized carbons (Fsp3) is 0.750. The van der Waals surface area contributed by atoms with Gasteiger partial charge in [0, 0.05) is 24.6 Å². The van der Waals surface area contributed by atoms with Crippen LogP contribution < -0.4 is 5.56 Å². The van der Waals surface area contributed by atoms with Crippen molar-refractivity contribution in [1.82, 2.24) is 14.7 Å². The number of piperidine rings is 1. The topological polar surface area (TPSA) is 38.1 Å². The van der Waals surface area contributed by atoms with Gasteiger partial charge in [0.1, 0.15) is 0 Å². The predicted octanol–water partition coefficient (Wildman–Crippen LogP) is 2.24. The van der Waals surface area contributed by atoms with Crippen molar-refractivity contribution in [3.63, 3.8) is 0 Å². The lowest BCUT2D eigenvalue weighted by Gasteiger charge is -2.34. The normalized spacial score (nSPS) is 21.6. The van der Waals surface area contributed by atoms with E-state index in [4.69, 9.17) is 0 Å². The highest BCUT2D eigenvalue weighted by Crippen LogP contribution is 2.38. The highest BCUT2D eigenvalue weighted by Gasteiger charge is 2.26. The molecule has 4 nitrogen and oxygen atoms in total. The van der Waals surface area contributed by atoms with Gasteiger partial charge in [-0.05, 0) is 64.6 Å². The van der Waals surface area contributed by atoms with Crippen LogP contribution in [0.25, 0.3) is 0 Å². The van der Waals surface area contributed by atoms with E-state index in [-0.39, 0.29) is 5.56 Å². The molecular weight excluding hydrogens is 250 g/mol. The summed E-state index contributed by atoms with van der Waals surface area (Å²) in [5.74, 6) is 1.22. The second kappa shape index (κ2) is 5.68. The van der Waals surface area contributed by atoms with Crippen molar-refractivity contribution in [2.45, 2.75) is 58.0 Å². The Morgan fingerprint density at radius 2 is 1.90 bits per heavy atom. The van der Waals surface area contributed by atoms with Crippen LogP contribution in [0.3, 0.4) is 0 Å². The Balaban J connectivity index is 1.63. The maximum atomic E-state index is 12.0. The molecule has 0 aromatic carbocycles. The van der Waals surface area contributed by atoms with Gasteiger partial charge >= 0.3 is 0 Å². The molecule has 0 N–H and O–H groups in total. The molecule has 1 aromatic heterocycles. The molecule has 0 spiro atoms. The first kappa shape index (κ1) is 13.8. The van der Waals surface area contributed by atoms with Crippen LogP contribution in [0, 0.1) is 5.92 Å². The third-order valence-electron chi connectivity index (χ3n) is 4.69. The molecule has 1 saturated carbocycles. The molecule has 20 heavy (non-hydrogen) atoms. The Labute approximate surface area is 120 Å². The van der Waals surface area contributed by atoms with E-state index in [1.54, 1.807) is 10.7 Å². The smallest absolute Gasteiger partial charge is 0.266 e. The molecule has 0 bridgehead atoms. The average molecular weight is 275 g/mol. The molecule has 0 atom stereocenters. The summed E-state index contributed by atoms with van der Waals surface area (Å²) in [7, 11) is 0. The standard InChI is InChI=1S/C16H25N3O/c1-12(2)18-9-7-13(8-10-18)11-19-16(20)6-5-15(17-19)14-3-4-14/h5-6,12-14H,3-4,7-11H2,1-2H3. The van der Waals surface area contributed by atoms with E-state index < -0.39 is 0 Å². The van der Waals surface area contributed by atoms with E-state index in [0.29, 0.717) is 17.9 Å². The van der Waals surface area contributed by atoms with Gasteiger partial charge in [0.2, 0.25) is 0 Å². The maximum absolute atomic E-state index is 12.0. The van der Waals surface area contributed by atoms with Crippen LogP contribution in [0.2, 0.25) is 0 Å². The van der Waals surface area contributed by atoms with Crippen molar-refractivity contribution in [3.8, 4) is 0 Å². The van der Waals surface area contributed by atoms with E-state index >= 15 is 0 Å². The van der Waals surface area contributed by atoms with Crippen LogP contribution in [-0.4, -0.2) is 33.8 Å². The minimum atomic E-state index is 0.0562. The van der Waals surface area contributed by atoms with Crippen LogP contribution in [0.4, 0.5) is 0 Å². The van der Waals surface area contributed by atoms with E-state index in [0.717, 1.165) is 25.3 Å². The lowest BCUT2D eigenvalue weighted by atomic mass is 9.96. The first-order valence-corrected chi connectivity index (χ1v) is 7.95. The second-order valence-corrected chi connectivity index (χ2v) is 6.63. The van der Waals surface area contributed by atoms with Gasteiger partial charge in [-0.15, -0.1) is 0 Å².